The Morgan fingerprint density at radius 2 is 1.63 bits per heavy atom. The van der Waals surface area contributed by atoms with Gasteiger partial charge in [0.05, 0.1) is 6.61 Å². The summed E-state index contributed by atoms with van der Waals surface area (Å²) < 4.78 is 4.70. The number of carbonyl (C=O) groups excluding carboxylic acids is 3. The Hall–Kier alpha value is -2.77. The smallest absolute Gasteiger partial charge is 0.407 e. The van der Waals surface area contributed by atoms with Crippen LogP contribution in [0.4, 0.5) is 10.5 Å². The minimum Gasteiger partial charge on any atom is -0.450 e. The quantitative estimate of drug-likeness (QED) is 0.706. The van der Waals surface area contributed by atoms with Crippen LogP contribution in [0.15, 0.2) is 30.3 Å². The average molecular weight is 376 g/mol. The van der Waals surface area contributed by atoms with Crippen molar-refractivity contribution in [3.63, 3.8) is 0 Å². The lowest BCUT2D eigenvalue weighted by atomic mass is 10.2. The van der Waals surface area contributed by atoms with E-state index in [0.717, 1.165) is 13.1 Å². The molecule has 0 saturated carbocycles. The lowest BCUT2D eigenvalue weighted by Crippen LogP contribution is -2.49. The summed E-state index contributed by atoms with van der Waals surface area (Å²) in [6, 6.07) is 10.2. The van der Waals surface area contributed by atoms with Gasteiger partial charge in [0.2, 0.25) is 11.8 Å². The van der Waals surface area contributed by atoms with Crippen molar-refractivity contribution < 1.29 is 19.1 Å². The molecule has 0 unspecified atom stereocenters. The first-order chi connectivity index (χ1) is 13.1. The highest BCUT2D eigenvalue weighted by atomic mass is 16.5. The van der Waals surface area contributed by atoms with Gasteiger partial charge in [0.1, 0.15) is 0 Å². The Bertz CT molecular complexity index is 615. The van der Waals surface area contributed by atoms with E-state index in [2.05, 4.69) is 27.7 Å². The number of amides is 3. The number of carbonyl (C=O) groups is 3. The maximum atomic E-state index is 12.3. The molecule has 0 atom stereocenters. The molecule has 8 nitrogen and oxygen atoms in total. The predicted molar refractivity (Wildman–Crippen MR) is 103 cm³/mol. The number of ether oxygens (including phenoxy) is 1. The molecule has 1 aliphatic heterocycles. The van der Waals surface area contributed by atoms with Crippen LogP contribution in [0.3, 0.4) is 0 Å². The van der Waals surface area contributed by atoms with Gasteiger partial charge in [0.15, 0.2) is 0 Å². The number of hydrogen-bond acceptors (Lipinski definition) is 5. The van der Waals surface area contributed by atoms with Gasteiger partial charge in [-0.3, -0.25) is 9.59 Å². The van der Waals surface area contributed by atoms with Crippen molar-refractivity contribution in [3.05, 3.63) is 30.3 Å². The first kappa shape index (κ1) is 20.5. The summed E-state index contributed by atoms with van der Waals surface area (Å²) in [7, 11) is 0. The molecular formula is C19H28N4O4. The van der Waals surface area contributed by atoms with Crippen molar-refractivity contribution in [1.82, 2.24) is 15.5 Å². The Balaban J connectivity index is 1.58. The van der Waals surface area contributed by atoms with Crippen LogP contribution in [0.1, 0.15) is 19.8 Å². The van der Waals surface area contributed by atoms with Gasteiger partial charge < -0.3 is 25.2 Å². The number of hydrogen-bond donors (Lipinski definition) is 2. The van der Waals surface area contributed by atoms with Gasteiger partial charge in [0.25, 0.3) is 0 Å². The van der Waals surface area contributed by atoms with Crippen LogP contribution in [-0.4, -0.2) is 68.7 Å². The van der Waals surface area contributed by atoms with Crippen LogP contribution in [0.2, 0.25) is 0 Å². The van der Waals surface area contributed by atoms with E-state index in [-0.39, 0.29) is 31.2 Å². The molecule has 1 heterocycles. The lowest BCUT2D eigenvalue weighted by Gasteiger charge is -2.36. The third-order valence-electron chi connectivity index (χ3n) is 4.31. The molecule has 3 amide bonds. The molecule has 1 aromatic rings. The summed E-state index contributed by atoms with van der Waals surface area (Å²) in [5.74, 6) is -0.152. The molecule has 1 aliphatic rings. The fourth-order valence-corrected chi connectivity index (χ4v) is 2.87. The van der Waals surface area contributed by atoms with E-state index in [0.29, 0.717) is 26.2 Å². The number of rotatable bonds is 8. The largest absolute Gasteiger partial charge is 0.450 e. The Kier molecular flexibility index (Phi) is 8.41. The zero-order valence-electron chi connectivity index (χ0n) is 15.8. The Morgan fingerprint density at radius 3 is 2.30 bits per heavy atom. The van der Waals surface area contributed by atoms with Crippen LogP contribution < -0.4 is 15.5 Å². The maximum Gasteiger partial charge on any atom is 0.407 e. The van der Waals surface area contributed by atoms with E-state index in [9.17, 15) is 14.4 Å². The molecule has 2 N–H and O–H groups in total. The van der Waals surface area contributed by atoms with E-state index >= 15 is 0 Å². The van der Waals surface area contributed by atoms with E-state index in [4.69, 9.17) is 4.74 Å². The molecule has 0 aromatic heterocycles. The molecule has 148 valence electrons. The maximum absolute atomic E-state index is 12.3. The molecule has 1 fully saturated rings. The summed E-state index contributed by atoms with van der Waals surface area (Å²) in [5.41, 5.74) is 1.17. The summed E-state index contributed by atoms with van der Waals surface area (Å²) in [6.07, 6.45) is -0.0966. The average Bonchev–Trinajstić information content (AvgIpc) is 2.69. The van der Waals surface area contributed by atoms with Crippen molar-refractivity contribution in [2.45, 2.75) is 19.8 Å². The SMILES string of the molecule is CCOC(=O)NCCC(=O)NCCC(=O)N1CCN(c2ccccc2)CC1. The van der Waals surface area contributed by atoms with Gasteiger partial charge >= 0.3 is 6.09 Å². The van der Waals surface area contributed by atoms with Crippen LogP contribution in [0.5, 0.6) is 0 Å². The van der Waals surface area contributed by atoms with Crippen molar-refractivity contribution in [2.24, 2.45) is 0 Å². The Labute approximate surface area is 159 Å². The summed E-state index contributed by atoms with van der Waals surface area (Å²) >= 11 is 0. The normalized spacial score (nSPS) is 13.8. The van der Waals surface area contributed by atoms with Gasteiger partial charge in [-0.05, 0) is 19.1 Å². The zero-order chi connectivity index (χ0) is 19.5. The molecule has 0 spiro atoms. The summed E-state index contributed by atoms with van der Waals surface area (Å²) in [6.45, 7) is 5.50. The van der Waals surface area contributed by atoms with Gasteiger partial charge in [0, 0.05) is 57.8 Å². The fraction of sp³-hybridized carbons (Fsp3) is 0.526. The topological polar surface area (TPSA) is 91.0 Å². The van der Waals surface area contributed by atoms with E-state index in [1.165, 1.54) is 5.69 Å². The molecular weight excluding hydrogens is 348 g/mol. The molecule has 0 bridgehead atoms. The number of benzene rings is 1. The van der Waals surface area contributed by atoms with Crippen LogP contribution in [-0.2, 0) is 14.3 Å². The second-order valence-corrected chi connectivity index (χ2v) is 6.20. The van der Waals surface area contributed by atoms with E-state index < -0.39 is 6.09 Å². The summed E-state index contributed by atoms with van der Waals surface area (Å²) in [5, 5.41) is 5.19. The third-order valence-corrected chi connectivity index (χ3v) is 4.31. The van der Waals surface area contributed by atoms with Gasteiger partial charge in [-0.25, -0.2) is 4.79 Å². The Morgan fingerprint density at radius 1 is 0.963 bits per heavy atom. The molecule has 0 aliphatic carbocycles. The second-order valence-electron chi connectivity index (χ2n) is 6.20. The third kappa shape index (κ3) is 7.16. The number of alkyl carbamates (subject to hydrolysis) is 1. The van der Waals surface area contributed by atoms with E-state index in [1.807, 2.05) is 23.1 Å². The lowest BCUT2D eigenvalue weighted by molar-refractivity contribution is -0.131. The fourth-order valence-electron chi connectivity index (χ4n) is 2.87. The first-order valence-electron chi connectivity index (χ1n) is 9.35. The minimum absolute atomic E-state index is 0.0488. The standard InChI is InChI=1S/C19H28N4O4/c1-2-27-19(26)21-10-8-17(24)20-11-9-18(25)23-14-12-22(13-15-23)16-6-4-3-5-7-16/h3-7H,2,8-15H2,1H3,(H,20,24)(H,21,26). The number of nitrogens with zero attached hydrogens (tertiary/aromatic N) is 2. The second kappa shape index (κ2) is 11.1. The molecule has 8 heteroatoms. The zero-order valence-corrected chi connectivity index (χ0v) is 15.8. The number of piperazine rings is 1. The van der Waals surface area contributed by atoms with Crippen molar-refractivity contribution in [3.8, 4) is 0 Å². The van der Waals surface area contributed by atoms with Crippen molar-refractivity contribution in [1.29, 1.82) is 0 Å². The van der Waals surface area contributed by atoms with Crippen molar-refractivity contribution >= 4 is 23.6 Å². The number of anilines is 1. The van der Waals surface area contributed by atoms with Crippen LogP contribution >= 0.6 is 0 Å². The molecule has 1 aromatic carbocycles. The van der Waals surface area contributed by atoms with Gasteiger partial charge in [-0.15, -0.1) is 0 Å². The molecule has 1 saturated heterocycles. The van der Waals surface area contributed by atoms with Gasteiger partial charge in [-0.1, -0.05) is 18.2 Å². The van der Waals surface area contributed by atoms with Crippen molar-refractivity contribution in [2.75, 3.05) is 50.8 Å². The molecule has 2 rings (SSSR count). The van der Waals surface area contributed by atoms with Crippen LogP contribution in [0, 0.1) is 0 Å². The summed E-state index contributed by atoms with van der Waals surface area (Å²) in [4.78, 5) is 39.2. The molecule has 0 radical (unpaired) electrons. The van der Waals surface area contributed by atoms with Gasteiger partial charge in [-0.2, -0.15) is 0 Å². The highest BCUT2D eigenvalue weighted by Crippen LogP contribution is 2.15. The van der Waals surface area contributed by atoms with E-state index in [1.54, 1.807) is 6.92 Å². The minimum atomic E-state index is -0.532. The van der Waals surface area contributed by atoms with Crippen LogP contribution in [0.25, 0.3) is 0 Å². The predicted octanol–water partition coefficient (Wildman–Crippen LogP) is 0.978. The number of para-hydroxylation sites is 1. The highest BCUT2D eigenvalue weighted by Gasteiger charge is 2.20. The monoisotopic (exact) mass is 376 g/mol. The highest BCUT2D eigenvalue weighted by molar-refractivity contribution is 5.79. The first-order valence-corrected chi connectivity index (χ1v) is 9.35. The molecule has 27 heavy (non-hydrogen) atoms. The number of nitrogens with one attached hydrogen (secondary N) is 2.